The van der Waals surface area contributed by atoms with Crippen molar-refractivity contribution >= 4 is 28.0 Å². The van der Waals surface area contributed by atoms with Crippen molar-refractivity contribution in [3.05, 3.63) is 47.1 Å². The Kier molecular flexibility index (Phi) is 2.63. The van der Waals surface area contributed by atoms with Crippen LogP contribution in [0.3, 0.4) is 0 Å². The predicted molar refractivity (Wildman–Crippen MR) is 80.1 cm³/mol. The van der Waals surface area contributed by atoms with Crippen molar-refractivity contribution in [2.75, 3.05) is 0 Å². The van der Waals surface area contributed by atoms with Gasteiger partial charge in [0.2, 0.25) is 0 Å². The van der Waals surface area contributed by atoms with E-state index in [0.29, 0.717) is 6.42 Å². The van der Waals surface area contributed by atoms with Crippen molar-refractivity contribution in [1.29, 1.82) is 0 Å². The van der Waals surface area contributed by atoms with E-state index in [1.807, 2.05) is 30.3 Å². The lowest BCUT2D eigenvalue weighted by Crippen LogP contribution is -2.07. The molecule has 1 aliphatic rings. The van der Waals surface area contributed by atoms with Crippen LogP contribution in [0.4, 0.5) is 0 Å². The number of para-hydroxylation sites is 1. The van der Waals surface area contributed by atoms with Gasteiger partial charge in [-0.2, -0.15) is 0 Å². The molecule has 3 nitrogen and oxygen atoms in total. The zero-order valence-corrected chi connectivity index (χ0v) is 11.6. The number of aromatic nitrogens is 2. The van der Waals surface area contributed by atoms with Gasteiger partial charge in [0.1, 0.15) is 5.01 Å². The fraction of sp³-hybridized carbons (Fsp3) is 0.188. The number of fused-ring (bicyclic) bond motifs is 2. The third kappa shape index (κ3) is 1.76. The molecule has 0 unspecified atom stereocenters. The van der Waals surface area contributed by atoms with E-state index in [1.165, 1.54) is 11.3 Å². The molecule has 0 bridgehead atoms. The minimum atomic E-state index is 0.239. The highest BCUT2D eigenvalue weighted by molar-refractivity contribution is 7.17. The number of pyridine rings is 1. The maximum atomic E-state index is 11.9. The largest absolute Gasteiger partial charge is 0.293 e. The number of carbonyl (C=O) groups excluding carboxylic acids is 1. The first-order chi connectivity index (χ1) is 9.83. The fourth-order valence-corrected chi connectivity index (χ4v) is 3.77. The lowest BCUT2D eigenvalue weighted by molar-refractivity contribution is 0.0976. The number of hydrogen-bond acceptors (Lipinski definition) is 4. The number of ketones is 1. The van der Waals surface area contributed by atoms with Crippen LogP contribution in [0, 0.1) is 0 Å². The van der Waals surface area contributed by atoms with Crippen LogP contribution in [0.2, 0.25) is 0 Å². The molecular formula is C16H12N2OS. The van der Waals surface area contributed by atoms with E-state index in [2.05, 4.69) is 9.97 Å². The smallest absolute Gasteiger partial charge is 0.174 e. The van der Waals surface area contributed by atoms with E-state index < -0.39 is 0 Å². The van der Waals surface area contributed by atoms with E-state index in [9.17, 15) is 4.79 Å². The number of Topliss-reactive ketones (excluding diaryl/α,β-unsaturated/α-hetero) is 1. The van der Waals surface area contributed by atoms with Crippen LogP contribution in [0.15, 0.2) is 36.5 Å². The van der Waals surface area contributed by atoms with Gasteiger partial charge < -0.3 is 0 Å². The molecule has 0 saturated carbocycles. The Bertz CT molecular complexity index is 817. The Morgan fingerprint density at radius 1 is 1.10 bits per heavy atom. The van der Waals surface area contributed by atoms with Gasteiger partial charge in [-0.05, 0) is 25.0 Å². The van der Waals surface area contributed by atoms with Gasteiger partial charge in [-0.25, -0.2) is 4.98 Å². The fourth-order valence-electron chi connectivity index (χ4n) is 2.66. The average Bonchev–Trinajstić information content (AvgIpc) is 2.92. The number of hydrogen-bond donors (Lipinski definition) is 0. The molecule has 20 heavy (non-hydrogen) atoms. The Hall–Kier alpha value is -2.07. The number of nitrogens with zero attached hydrogens (tertiary/aromatic N) is 2. The van der Waals surface area contributed by atoms with E-state index >= 15 is 0 Å². The van der Waals surface area contributed by atoms with E-state index in [0.717, 1.165) is 44.9 Å². The third-order valence-electron chi connectivity index (χ3n) is 3.63. The summed E-state index contributed by atoms with van der Waals surface area (Å²) in [4.78, 5) is 21.9. The summed E-state index contributed by atoms with van der Waals surface area (Å²) in [7, 11) is 0. The number of benzene rings is 1. The molecule has 3 aromatic rings. The first-order valence-corrected chi connectivity index (χ1v) is 7.51. The minimum Gasteiger partial charge on any atom is -0.293 e. The van der Waals surface area contributed by atoms with Crippen LogP contribution in [0.25, 0.3) is 21.5 Å². The second kappa shape index (κ2) is 4.49. The molecule has 0 aliphatic heterocycles. The molecule has 1 aliphatic carbocycles. The summed E-state index contributed by atoms with van der Waals surface area (Å²) in [6.45, 7) is 0. The molecule has 4 rings (SSSR count). The molecule has 98 valence electrons. The topological polar surface area (TPSA) is 42.9 Å². The molecule has 0 spiro atoms. The van der Waals surface area contributed by atoms with Gasteiger partial charge in [-0.3, -0.25) is 9.78 Å². The predicted octanol–water partition coefficient (Wildman–Crippen LogP) is 3.88. The normalized spacial score (nSPS) is 14.5. The monoisotopic (exact) mass is 280 g/mol. The summed E-state index contributed by atoms with van der Waals surface area (Å²) in [6.07, 6.45) is 4.28. The lowest BCUT2D eigenvalue weighted by Gasteiger charge is -2.06. The lowest BCUT2D eigenvalue weighted by atomic mass is 10.0. The van der Waals surface area contributed by atoms with Crippen molar-refractivity contribution in [2.24, 2.45) is 0 Å². The van der Waals surface area contributed by atoms with Crippen LogP contribution < -0.4 is 0 Å². The maximum absolute atomic E-state index is 11.9. The maximum Gasteiger partial charge on any atom is 0.174 e. The SMILES string of the molecule is O=C1CCCc2nc(-c3cccc4cccnc34)sc21. The van der Waals surface area contributed by atoms with Crippen LogP contribution >= 0.6 is 11.3 Å². The highest BCUT2D eigenvalue weighted by Crippen LogP contribution is 2.35. The number of aryl methyl sites for hydroxylation is 1. The molecule has 2 aromatic heterocycles. The average molecular weight is 280 g/mol. The van der Waals surface area contributed by atoms with Gasteiger partial charge in [0.05, 0.1) is 16.1 Å². The van der Waals surface area contributed by atoms with Crippen molar-refractivity contribution in [3.63, 3.8) is 0 Å². The minimum absolute atomic E-state index is 0.239. The quantitative estimate of drug-likeness (QED) is 0.679. The number of thiazole rings is 1. The van der Waals surface area contributed by atoms with Crippen LogP contribution in [0.5, 0.6) is 0 Å². The van der Waals surface area contributed by atoms with Crippen molar-refractivity contribution in [3.8, 4) is 10.6 Å². The Morgan fingerprint density at radius 2 is 2.00 bits per heavy atom. The van der Waals surface area contributed by atoms with Gasteiger partial charge in [-0.15, -0.1) is 11.3 Å². The molecule has 1 aromatic carbocycles. The first-order valence-electron chi connectivity index (χ1n) is 6.70. The molecular weight excluding hydrogens is 268 g/mol. The molecule has 4 heteroatoms. The van der Waals surface area contributed by atoms with Gasteiger partial charge in [0.15, 0.2) is 5.78 Å². The zero-order chi connectivity index (χ0) is 13.5. The summed E-state index contributed by atoms with van der Waals surface area (Å²) in [5.74, 6) is 0.239. The summed E-state index contributed by atoms with van der Waals surface area (Å²) < 4.78 is 0. The number of rotatable bonds is 1. The molecule has 0 saturated heterocycles. The highest BCUT2D eigenvalue weighted by atomic mass is 32.1. The van der Waals surface area contributed by atoms with Crippen LogP contribution in [0.1, 0.15) is 28.2 Å². The summed E-state index contributed by atoms with van der Waals surface area (Å²) >= 11 is 1.51. The van der Waals surface area contributed by atoms with Crippen LogP contribution in [-0.2, 0) is 6.42 Å². The van der Waals surface area contributed by atoms with Gasteiger partial charge >= 0.3 is 0 Å². The van der Waals surface area contributed by atoms with Crippen molar-refractivity contribution in [1.82, 2.24) is 9.97 Å². The van der Waals surface area contributed by atoms with Gasteiger partial charge in [0, 0.05) is 23.6 Å². The van der Waals surface area contributed by atoms with Crippen LogP contribution in [-0.4, -0.2) is 15.8 Å². The van der Waals surface area contributed by atoms with Crippen molar-refractivity contribution < 1.29 is 4.79 Å². The molecule has 0 N–H and O–H groups in total. The summed E-state index contributed by atoms with van der Waals surface area (Å²) in [6, 6.07) is 10.1. The molecule has 0 amide bonds. The molecule has 0 atom stereocenters. The summed E-state index contributed by atoms with van der Waals surface area (Å²) in [5, 5.41) is 2.01. The van der Waals surface area contributed by atoms with E-state index in [4.69, 9.17) is 0 Å². The second-order valence-electron chi connectivity index (χ2n) is 4.95. The number of carbonyl (C=O) groups is 1. The van der Waals surface area contributed by atoms with Gasteiger partial charge in [0.25, 0.3) is 0 Å². The van der Waals surface area contributed by atoms with Gasteiger partial charge in [-0.1, -0.05) is 18.2 Å². The second-order valence-corrected chi connectivity index (χ2v) is 5.95. The summed E-state index contributed by atoms with van der Waals surface area (Å²) in [5.41, 5.74) is 2.94. The van der Waals surface area contributed by atoms with E-state index in [-0.39, 0.29) is 5.78 Å². The standard InChI is InChI=1S/C16H12N2OS/c19-13-8-2-7-12-15(13)20-16(18-12)11-6-1-4-10-5-3-9-17-14(10)11/h1,3-6,9H,2,7-8H2. The highest BCUT2D eigenvalue weighted by Gasteiger charge is 2.23. The Morgan fingerprint density at radius 3 is 2.90 bits per heavy atom. The molecule has 0 radical (unpaired) electrons. The molecule has 0 fully saturated rings. The third-order valence-corrected chi connectivity index (χ3v) is 4.80. The molecule has 2 heterocycles. The van der Waals surface area contributed by atoms with Crippen molar-refractivity contribution in [2.45, 2.75) is 19.3 Å². The van der Waals surface area contributed by atoms with E-state index in [1.54, 1.807) is 6.20 Å². The Labute approximate surface area is 120 Å². The Balaban J connectivity index is 1.94. The first kappa shape index (κ1) is 11.7. The zero-order valence-electron chi connectivity index (χ0n) is 10.8.